The highest BCUT2D eigenvalue weighted by Gasteiger charge is 2.52. The second-order valence-electron chi connectivity index (χ2n) is 7.55. The summed E-state index contributed by atoms with van der Waals surface area (Å²) in [6.07, 6.45) is 2.28. The number of halogens is 1. The van der Waals surface area contributed by atoms with E-state index in [-0.39, 0.29) is 34.9 Å². The van der Waals surface area contributed by atoms with Gasteiger partial charge in [0.15, 0.2) is 0 Å². The van der Waals surface area contributed by atoms with Crippen molar-refractivity contribution in [2.75, 3.05) is 11.5 Å². The number of pyridine rings is 1. The molecule has 3 aromatic rings. The molecule has 0 radical (unpaired) electrons. The summed E-state index contributed by atoms with van der Waals surface area (Å²) < 4.78 is 11.8. The highest BCUT2D eigenvalue weighted by atomic mass is 35.5. The lowest BCUT2D eigenvalue weighted by Gasteiger charge is -2.19. The molecule has 1 aliphatic heterocycles. The Bertz CT molecular complexity index is 1180. The predicted octanol–water partition coefficient (Wildman–Crippen LogP) is 5.44. The van der Waals surface area contributed by atoms with Crippen molar-refractivity contribution in [1.82, 2.24) is 4.98 Å². The molecule has 0 bridgehead atoms. The highest BCUT2D eigenvalue weighted by Crippen LogP contribution is 2.58. The third kappa shape index (κ3) is 3.67. The number of nitrogens with zero attached hydrogens (tertiary/aromatic N) is 3. The Kier molecular flexibility index (Phi) is 5.35. The molecule has 32 heavy (non-hydrogen) atoms. The molecule has 0 unspecified atom stereocenters. The van der Waals surface area contributed by atoms with E-state index in [0.717, 1.165) is 29.1 Å². The summed E-state index contributed by atoms with van der Waals surface area (Å²) in [4.78, 5) is 27.4. The largest absolute Gasteiger partial charge is 0.492 e. The van der Waals surface area contributed by atoms with Gasteiger partial charge in [0.05, 0.1) is 29.1 Å². The van der Waals surface area contributed by atoms with Crippen molar-refractivity contribution < 1.29 is 24.3 Å². The molecule has 5 rings (SSSR count). The molecular weight excluding hydrogens is 438 g/mol. The molecule has 2 aliphatic rings. The number of hydrogen-bond donors (Lipinski definition) is 1. The van der Waals surface area contributed by atoms with Crippen molar-refractivity contribution in [2.45, 2.75) is 18.3 Å². The molecular formula is C22H18ClN3O6. The third-order valence-corrected chi connectivity index (χ3v) is 5.58. The molecule has 1 N–H and O–H groups in total. The summed E-state index contributed by atoms with van der Waals surface area (Å²) in [5, 5.41) is 20.5. The second-order valence-corrected chi connectivity index (χ2v) is 7.55. The van der Waals surface area contributed by atoms with Crippen LogP contribution >= 0.6 is 12.4 Å². The number of non-ortho nitro benzene ring substituents is 1. The smallest absolute Gasteiger partial charge is 0.416 e. The highest BCUT2D eigenvalue weighted by molar-refractivity contribution is 5.94. The quantitative estimate of drug-likeness (QED) is 0.402. The Labute approximate surface area is 188 Å². The lowest BCUT2D eigenvalue weighted by atomic mass is 9.97. The number of amides is 1. The van der Waals surface area contributed by atoms with Crippen LogP contribution in [0.4, 0.5) is 21.9 Å². The normalized spacial score (nSPS) is 14.6. The summed E-state index contributed by atoms with van der Waals surface area (Å²) in [5.74, 6) is 1.86. The van der Waals surface area contributed by atoms with Crippen LogP contribution in [0.2, 0.25) is 0 Å². The minimum Gasteiger partial charge on any atom is -0.492 e. The first-order valence-electron chi connectivity index (χ1n) is 9.65. The number of benzene rings is 2. The van der Waals surface area contributed by atoms with Gasteiger partial charge in [-0.05, 0) is 43.2 Å². The summed E-state index contributed by atoms with van der Waals surface area (Å²) in [6, 6.07) is 14.1. The zero-order chi connectivity index (χ0) is 21.6. The van der Waals surface area contributed by atoms with Crippen LogP contribution in [-0.4, -0.2) is 27.7 Å². The van der Waals surface area contributed by atoms with Gasteiger partial charge in [-0.2, -0.15) is 0 Å². The average molecular weight is 456 g/mol. The maximum Gasteiger partial charge on any atom is 0.416 e. The zero-order valence-corrected chi connectivity index (χ0v) is 17.4. The maximum absolute atomic E-state index is 11.8. The number of carboxylic acid groups (broad SMARTS) is 1. The SMILES string of the molecule is Cl.O=C(O)N(c1ccc([N+](=O)[O-])cc1)c1ccc(Oc2cccc3c2C2(CC2)CO3)nc1. The fourth-order valence-corrected chi connectivity index (χ4v) is 3.84. The molecule has 0 saturated heterocycles. The average Bonchev–Trinajstić information content (AvgIpc) is 3.44. The fourth-order valence-electron chi connectivity index (χ4n) is 3.84. The van der Waals surface area contributed by atoms with E-state index in [1.54, 1.807) is 12.1 Å². The molecule has 164 valence electrons. The van der Waals surface area contributed by atoms with E-state index < -0.39 is 11.0 Å². The number of carbonyl (C=O) groups is 1. The Balaban J connectivity index is 0.00000245. The van der Waals surface area contributed by atoms with Gasteiger partial charge in [-0.3, -0.25) is 10.1 Å². The van der Waals surface area contributed by atoms with Crippen LogP contribution in [-0.2, 0) is 5.41 Å². The number of nitro groups is 1. The van der Waals surface area contributed by atoms with Crippen LogP contribution in [0.25, 0.3) is 0 Å². The van der Waals surface area contributed by atoms with Gasteiger partial charge in [-0.1, -0.05) is 6.07 Å². The third-order valence-electron chi connectivity index (χ3n) is 5.58. The van der Waals surface area contributed by atoms with Crippen molar-refractivity contribution in [1.29, 1.82) is 0 Å². The molecule has 1 saturated carbocycles. The van der Waals surface area contributed by atoms with Gasteiger partial charge in [0.25, 0.3) is 5.69 Å². The van der Waals surface area contributed by atoms with Crippen molar-refractivity contribution in [3.63, 3.8) is 0 Å². The van der Waals surface area contributed by atoms with E-state index in [4.69, 9.17) is 9.47 Å². The van der Waals surface area contributed by atoms with E-state index in [2.05, 4.69) is 4.98 Å². The molecule has 2 aromatic carbocycles. The van der Waals surface area contributed by atoms with Crippen molar-refractivity contribution in [2.24, 2.45) is 0 Å². The molecule has 1 aliphatic carbocycles. The minimum atomic E-state index is -1.24. The predicted molar refractivity (Wildman–Crippen MR) is 118 cm³/mol. The molecule has 1 fully saturated rings. The summed E-state index contributed by atoms with van der Waals surface area (Å²) in [7, 11) is 0. The van der Waals surface area contributed by atoms with E-state index in [0.29, 0.717) is 18.2 Å². The topological polar surface area (TPSA) is 115 Å². The first-order valence-corrected chi connectivity index (χ1v) is 9.65. The Morgan fingerprint density at radius 1 is 1.12 bits per heavy atom. The summed E-state index contributed by atoms with van der Waals surface area (Å²) in [6.45, 7) is 0.665. The number of fused-ring (bicyclic) bond motifs is 2. The van der Waals surface area contributed by atoms with Crippen LogP contribution in [0.15, 0.2) is 60.8 Å². The van der Waals surface area contributed by atoms with Crippen molar-refractivity contribution >= 4 is 35.6 Å². The summed E-state index contributed by atoms with van der Waals surface area (Å²) in [5.41, 5.74) is 1.54. The molecule has 1 aromatic heterocycles. The van der Waals surface area contributed by atoms with E-state index >= 15 is 0 Å². The Hall–Kier alpha value is -3.85. The van der Waals surface area contributed by atoms with Gasteiger partial charge in [-0.15, -0.1) is 12.4 Å². The Morgan fingerprint density at radius 3 is 2.44 bits per heavy atom. The number of ether oxygens (including phenoxy) is 2. The van der Waals surface area contributed by atoms with Crippen LogP contribution in [0.5, 0.6) is 17.4 Å². The van der Waals surface area contributed by atoms with E-state index in [9.17, 15) is 20.0 Å². The molecule has 1 spiro atoms. The van der Waals surface area contributed by atoms with Crippen LogP contribution < -0.4 is 14.4 Å². The second kappa shape index (κ2) is 8.01. The van der Waals surface area contributed by atoms with Gasteiger partial charge < -0.3 is 14.6 Å². The Morgan fingerprint density at radius 2 is 1.84 bits per heavy atom. The summed E-state index contributed by atoms with van der Waals surface area (Å²) >= 11 is 0. The number of aromatic nitrogens is 1. The van der Waals surface area contributed by atoms with E-state index in [1.807, 2.05) is 18.2 Å². The zero-order valence-electron chi connectivity index (χ0n) is 16.6. The monoisotopic (exact) mass is 455 g/mol. The number of anilines is 2. The van der Waals surface area contributed by atoms with Gasteiger partial charge in [-0.25, -0.2) is 14.7 Å². The lowest BCUT2D eigenvalue weighted by Crippen LogP contribution is -2.23. The fraction of sp³-hybridized carbons (Fsp3) is 0.182. The first kappa shape index (κ1) is 21.4. The first-order chi connectivity index (χ1) is 15.0. The van der Waals surface area contributed by atoms with Gasteiger partial charge in [0, 0.05) is 29.2 Å². The number of hydrogen-bond acceptors (Lipinski definition) is 6. The lowest BCUT2D eigenvalue weighted by molar-refractivity contribution is -0.384. The van der Waals surface area contributed by atoms with Crippen LogP contribution in [0.1, 0.15) is 18.4 Å². The van der Waals surface area contributed by atoms with Gasteiger partial charge in [0.1, 0.15) is 11.5 Å². The van der Waals surface area contributed by atoms with Gasteiger partial charge >= 0.3 is 6.09 Å². The van der Waals surface area contributed by atoms with Crippen LogP contribution in [0, 0.1) is 10.1 Å². The molecule has 10 heteroatoms. The minimum absolute atomic E-state index is 0. The maximum atomic E-state index is 11.8. The molecule has 9 nitrogen and oxygen atoms in total. The van der Waals surface area contributed by atoms with Crippen LogP contribution in [0.3, 0.4) is 0 Å². The van der Waals surface area contributed by atoms with Crippen molar-refractivity contribution in [3.8, 4) is 17.4 Å². The van der Waals surface area contributed by atoms with Gasteiger partial charge in [0.2, 0.25) is 5.88 Å². The van der Waals surface area contributed by atoms with E-state index in [1.165, 1.54) is 30.5 Å². The molecule has 1 amide bonds. The molecule has 2 heterocycles. The molecule has 0 atom stereocenters. The number of nitro benzene ring substituents is 1. The van der Waals surface area contributed by atoms with Crippen molar-refractivity contribution in [3.05, 3.63) is 76.5 Å². The number of rotatable bonds is 5. The standard InChI is InChI=1S/C22H17N3O6.ClH/c26-21(27)24(14-4-6-15(7-5-14)25(28)29)16-8-9-19(23-12-16)31-18-3-1-2-17-20(18)22(10-11-22)13-30-17;/h1-9,12H,10-11,13H2,(H,26,27);1H.